The number of nitrogens with one attached hydrogen (secondary N) is 3. The number of hydrogen-bond acceptors (Lipinski definition) is 2. The van der Waals surface area contributed by atoms with Gasteiger partial charge in [0.25, 0.3) is 0 Å². The van der Waals surface area contributed by atoms with Crippen molar-refractivity contribution < 1.29 is 4.90 Å². The van der Waals surface area contributed by atoms with Gasteiger partial charge in [0.2, 0.25) is 0 Å². The number of piperazine rings is 1. The number of thiocarbonyl (C=S) groups is 1. The zero-order valence-electron chi connectivity index (χ0n) is 10.8. The standard InChI is InChI=1S/C13H20N4S/c1-16-7-9-17(10-8-16)15-13(18)14-11-12-5-3-2-4-6-12/h2-6H,7-11H2,1H3,(H2,14,15,18)/p+1. The minimum absolute atomic E-state index is 0.707. The molecule has 3 N–H and O–H groups in total. The largest absolute Gasteiger partial charge is 0.358 e. The van der Waals surface area contributed by atoms with Crippen LogP contribution in [0.25, 0.3) is 0 Å². The summed E-state index contributed by atoms with van der Waals surface area (Å²) in [5.41, 5.74) is 4.49. The number of benzene rings is 1. The van der Waals surface area contributed by atoms with E-state index < -0.39 is 0 Å². The van der Waals surface area contributed by atoms with Gasteiger partial charge in [-0.15, -0.1) is 0 Å². The van der Waals surface area contributed by atoms with Crippen molar-refractivity contribution >= 4 is 17.3 Å². The van der Waals surface area contributed by atoms with Crippen LogP contribution >= 0.6 is 12.2 Å². The first kappa shape index (κ1) is 13.3. The van der Waals surface area contributed by atoms with Gasteiger partial charge in [0.1, 0.15) is 0 Å². The van der Waals surface area contributed by atoms with Crippen molar-refractivity contribution in [3.8, 4) is 0 Å². The molecule has 0 bridgehead atoms. The summed E-state index contributed by atoms with van der Waals surface area (Å²) in [6.07, 6.45) is 0. The van der Waals surface area contributed by atoms with E-state index in [1.807, 2.05) is 18.2 Å². The summed E-state index contributed by atoms with van der Waals surface area (Å²) in [4.78, 5) is 1.58. The van der Waals surface area contributed by atoms with Gasteiger partial charge in [0.15, 0.2) is 5.11 Å². The van der Waals surface area contributed by atoms with Crippen molar-refractivity contribution in [2.45, 2.75) is 6.54 Å². The number of likely N-dealkylation sites (N-methyl/N-ethyl adjacent to an activating group) is 1. The summed E-state index contributed by atoms with van der Waals surface area (Å²) >= 11 is 5.29. The molecule has 0 radical (unpaired) electrons. The Morgan fingerprint density at radius 3 is 2.61 bits per heavy atom. The highest BCUT2D eigenvalue weighted by molar-refractivity contribution is 7.80. The monoisotopic (exact) mass is 265 g/mol. The van der Waals surface area contributed by atoms with Gasteiger partial charge in [-0.1, -0.05) is 30.3 Å². The molecule has 0 unspecified atom stereocenters. The molecule has 1 saturated heterocycles. The van der Waals surface area contributed by atoms with Crippen molar-refractivity contribution in [3.63, 3.8) is 0 Å². The van der Waals surface area contributed by atoms with Gasteiger partial charge in [-0.3, -0.25) is 5.43 Å². The van der Waals surface area contributed by atoms with Crippen molar-refractivity contribution in [1.29, 1.82) is 0 Å². The number of hydrazine groups is 1. The van der Waals surface area contributed by atoms with Crippen molar-refractivity contribution in [3.05, 3.63) is 35.9 Å². The van der Waals surface area contributed by atoms with Crippen molar-refractivity contribution in [2.75, 3.05) is 33.2 Å². The molecule has 1 fully saturated rings. The average molecular weight is 265 g/mol. The van der Waals surface area contributed by atoms with Gasteiger partial charge in [-0.2, -0.15) is 0 Å². The summed E-state index contributed by atoms with van der Waals surface area (Å²) in [6, 6.07) is 10.3. The molecule has 1 aliphatic rings. The van der Waals surface area contributed by atoms with E-state index in [1.54, 1.807) is 4.90 Å². The summed E-state index contributed by atoms with van der Waals surface area (Å²) in [6.45, 7) is 5.17. The molecule has 18 heavy (non-hydrogen) atoms. The lowest BCUT2D eigenvalue weighted by Gasteiger charge is -2.31. The quantitative estimate of drug-likeness (QED) is 0.637. The van der Waals surface area contributed by atoms with Gasteiger partial charge >= 0.3 is 0 Å². The normalized spacial score (nSPS) is 17.4. The van der Waals surface area contributed by atoms with Gasteiger partial charge in [-0.25, -0.2) is 5.01 Å². The van der Waals surface area contributed by atoms with E-state index in [9.17, 15) is 0 Å². The van der Waals surface area contributed by atoms with Gasteiger partial charge in [0, 0.05) is 6.54 Å². The molecule has 1 aromatic carbocycles. The second kappa shape index (κ2) is 6.68. The van der Waals surface area contributed by atoms with Crippen LogP contribution in [0.15, 0.2) is 30.3 Å². The molecule has 5 heteroatoms. The molecular formula is C13H21N4S+. The minimum Gasteiger partial charge on any atom is -0.358 e. The first-order valence-corrected chi connectivity index (χ1v) is 6.79. The fraction of sp³-hybridized carbons (Fsp3) is 0.462. The van der Waals surface area contributed by atoms with Crippen LogP contribution < -0.4 is 15.6 Å². The zero-order chi connectivity index (χ0) is 12.8. The summed E-state index contributed by atoms with van der Waals surface area (Å²) in [7, 11) is 2.23. The van der Waals surface area contributed by atoms with Crippen LogP contribution in [-0.2, 0) is 6.54 Å². The molecule has 0 saturated carbocycles. The average Bonchev–Trinajstić information content (AvgIpc) is 2.40. The van der Waals surface area contributed by atoms with Gasteiger partial charge in [-0.05, 0) is 17.8 Å². The molecule has 98 valence electrons. The molecule has 1 aliphatic heterocycles. The number of hydrogen-bond donors (Lipinski definition) is 3. The second-order valence-corrected chi connectivity index (χ2v) is 5.13. The number of nitrogens with zero attached hydrogens (tertiary/aromatic N) is 1. The van der Waals surface area contributed by atoms with Gasteiger partial charge in [0.05, 0.1) is 33.2 Å². The van der Waals surface area contributed by atoms with E-state index in [-0.39, 0.29) is 0 Å². The third kappa shape index (κ3) is 4.25. The number of rotatable bonds is 3. The van der Waals surface area contributed by atoms with Crippen LogP contribution in [0.1, 0.15) is 5.56 Å². The maximum atomic E-state index is 5.29. The Kier molecular flexibility index (Phi) is 4.92. The minimum atomic E-state index is 0.707. The van der Waals surface area contributed by atoms with Crippen LogP contribution in [0.5, 0.6) is 0 Å². The predicted molar refractivity (Wildman–Crippen MR) is 77.2 cm³/mol. The van der Waals surface area contributed by atoms with Crippen LogP contribution in [0.4, 0.5) is 0 Å². The Morgan fingerprint density at radius 2 is 1.94 bits per heavy atom. The van der Waals surface area contributed by atoms with Crippen LogP contribution in [0.2, 0.25) is 0 Å². The topological polar surface area (TPSA) is 31.7 Å². The van der Waals surface area contributed by atoms with E-state index in [2.05, 4.69) is 34.9 Å². The fourth-order valence-corrected chi connectivity index (χ4v) is 2.16. The fourth-order valence-electron chi connectivity index (χ4n) is 1.96. The van der Waals surface area contributed by atoms with Crippen LogP contribution in [-0.4, -0.2) is 43.3 Å². The van der Waals surface area contributed by atoms with E-state index in [4.69, 9.17) is 12.2 Å². The highest BCUT2D eigenvalue weighted by Crippen LogP contribution is 1.97. The molecule has 0 spiro atoms. The molecular weight excluding hydrogens is 244 g/mol. The van der Waals surface area contributed by atoms with Crippen molar-refractivity contribution in [2.24, 2.45) is 0 Å². The SMILES string of the molecule is C[NH+]1CCN(NC(=S)NCc2ccccc2)CC1. The van der Waals surface area contributed by atoms with Gasteiger partial charge < -0.3 is 10.2 Å². The Morgan fingerprint density at radius 1 is 1.28 bits per heavy atom. The van der Waals surface area contributed by atoms with E-state index >= 15 is 0 Å². The first-order valence-electron chi connectivity index (χ1n) is 6.39. The zero-order valence-corrected chi connectivity index (χ0v) is 11.6. The maximum Gasteiger partial charge on any atom is 0.181 e. The van der Waals surface area contributed by atoms with Crippen LogP contribution in [0.3, 0.4) is 0 Å². The maximum absolute atomic E-state index is 5.29. The molecule has 4 nitrogen and oxygen atoms in total. The second-order valence-electron chi connectivity index (χ2n) is 4.72. The summed E-state index contributed by atoms with van der Waals surface area (Å²) in [5, 5.41) is 6.12. The molecule has 1 heterocycles. The smallest absolute Gasteiger partial charge is 0.181 e. The highest BCUT2D eigenvalue weighted by Gasteiger charge is 2.16. The third-order valence-electron chi connectivity index (χ3n) is 3.17. The van der Waals surface area contributed by atoms with E-state index in [1.165, 1.54) is 5.56 Å². The molecule has 0 atom stereocenters. The first-order chi connectivity index (χ1) is 8.74. The van der Waals surface area contributed by atoms with Crippen LogP contribution in [0, 0.1) is 0 Å². The molecule has 1 aromatic rings. The predicted octanol–water partition coefficient (Wildman–Crippen LogP) is -0.604. The molecule has 0 amide bonds. The lowest BCUT2D eigenvalue weighted by Crippen LogP contribution is -3.12. The number of quaternary nitrogens is 1. The summed E-state index contributed by atoms with van der Waals surface area (Å²) in [5.74, 6) is 0. The Hall–Kier alpha value is -1.17. The lowest BCUT2D eigenvalue weighted by atomic mass is 10.2. The van der Waals surface area contributed by atoms with E-state index in [0.29, 0.717) is 5.11 Å². The Bertz CT molecular complexity index is 374. The van der Waals surface area contributed by atoms with Crippen molar-refractivity contribution in [1.82, 2.24) is 15.8 Å². The van der Waals surface area contributed by atoms with E-state index in [0.717, 1.165) is 32.7 Å². The summed E-state index contributed by atoms with van der Waals surface area (Å²) < 4.78 is 0. The molecule has 0 aromatic heterocycles. The Labute approximate surface area is 114 Å². The third-order valence-corrected chi connectivity index (χ3v) is 3.41. The molecule has 0 aliphatic carbocycles. The Balaban J connectivity index is 1.69. The highest BCUT2D eigenvalue weighted by atomic mass is 32.1. The molecule has 2 rings (SSSR count). The lowest BCUT2D eigenvalue weighted by molar-refractivity contribution is -0.884.